The minimum Gasteiger partial charge on any atom is -0.462 e. The Morgan fingerprint density at radius 2 is 2.17 bits per heavy atom. The Kier molecular flexibility index (Phi) is 5.90. The van der Waals surface area contributed by atoms with Crippen LogP contribution in [0.15, 0.2) is 36.5 Å². The van der Waals surface area contributed by atoms with Gasteiger partial charge >= 0.3 is 5.97 Å². The van der Waals surface area contributed by atoms with Crippen LogP contribution in [0.2, 0.25) is 0 Å². The molecular formula is C20H28O4. The van der Waals surface area contributed by atoms with E-state index in [1.54, 1.807) is 6.08 Å². The first kappa shape index (κ1) is 17.4. The number of esters is 1. The summed E-state index contributed by atoms with van der Waals surface area (Å²) >= 11 is 0. The molecule has 4 nitrogen and oxygen atoms in total. The van der Waals surface area contributed by atoms with E-state index in [9.17, 15) is 9.90 Å². The molecule has 6 unspecified atom stereocenters. The maximum atomic E-state index is 11.6. The molecule has 0 bridgehead atoms. The molecule has 0 aromatic heterocycles. The third kappa shape index (κ3) is 4.37. The van der Waals surface area contributed by atoms with E-state index in [2.05, 4.69) is 18.2 Å². The van der Waals surface area contributed by atoms with Gasteiger partial charge in [-0.25, -0.2) is 0 Å². The molecule has 3 fully saturated rings. The van der Waals surface area contributed by atoms with Crippen LogP contribution in [0.4, 0.5) is 0 Å². The molecule has 2 aliphatic heterocycles. The summed E-state index contributed by atoms with van der Waals surface area (Å²) in [5.74, 6) is 0.744. The van der Waals surface area contributed by atoms with Gasteiger partial charge in [-0.2, -0.15) is 0 Å². The molecule has 4 heteroatoms. The van der Waals surface area contributed by atoms with Gasteiger partial charge in [0, 0.05) is 18.3 Å². The van der Waals surface area contributed by atoms with Crippen molar-refractivity contribution in [1.29, 1.82) is 0 Å². The lowest BCUT2D eigenvalue weighted by Crippen LogP contribution is -2.34. The zero-order valence-electron chi connectivity index (χ0n) is 14.3. The molecule has 1 saturated carbocycles. The number of allylic oxidation sites excluding steroid dienone is 4. The van der Waals surface area contributed by atoms with E-state index in [0.717, 1.165) is 32.1 Å². The number of fused-ring (bicyclic) bond motifs is 1. The molecule has 3 aliphatic rings. The van der Waals surface area contributed by atoms with E-state index in [-0.39, 0.29) is 18.2 Å². The Balaban J connectivity index is 1.48. The van der Waals surface area contributed by atoms with Crippen LogP contribution < -0.4 is 0 Å². The van der Waals surface area contributed by atoms with Crippen LogP contribution in [0.1, 0.15) is 45.4 Å². The maximum Gasteiger partial charge on any atom is 0.306 e. The van der Waals surface area contributed by atoms with Crippen LogP contribution in [-0.4, -0.2) is 35.5 Å². The van der Waals surface area contributed by atoms with E-state index in [0.29, 0.717) is 30.5 Å². The van der Waals surface area contributed by atoms with Crippen LogP contribution in [0.25, 0.3) is 0 Å². The normalized spacial score (nSPS) is 37.2. The molecule has 0 radical (unpaired) electrons. The summed E-state index contributed by atoms with van der Waals surface area (Å²) in [7, 11) is 0. The fourth-order valence-electron chi connectivity index (χ4n) is 3.84. The van der Waals surface area contributed by atoms with Crippen LogP contribution >= 0.6 is 0 Å². The monoisotopic (exact) mass is 332 g/mol. The highest BCUT2D eigenvalue weighted by Gasteiger charge is 2.57. The van der Waals surface area contributed by atoms with E-state index in [1.165, 1.54) is 0 Å². The minimum absolute atomic E-state index is 0.0422. The van der Waals surface area contributed by atoms with Gasteiger partial charge in [-0.15, -0.1) is 0 Å². The third-order valence-corrected chi connectivity index (χ3v) is 5.26. The van der Waals surface area contributed by atoms with Gasteiger partial charge in [0.15, 0.2) is 0 Å². The lowest BCUT2D eigenvalue weighted by molar-refractivity contribution is -0.158. The van der Waals surface area contributed by atoms with E-state index < -0.39 is 0 Å². The molecule has 1 aliphatic carbocycles. The van der Waals surface area contributed by atoms with Gasteiger partial charge < -0.3 is 14.6 Å². The number of aliphatic hydroxyl groups excluding tert-OH is 1. The van der Waals surface area contributed by atoms with Crippen LogP contribution in [0.5, 0.6) is 0 Å². The lowest BCUT2D eigenvalue weighted by Gasteiger charge is -2.31. The number of carbonyl (C=O) groups excluding carboxylic acids is 1. The number of hydrogen-bond acceptors (Lipinski definition) is 4. The molecule has 24 heavy (non-hydrogen) atoms. The molecule has 1 N–H and O–H groups in total. The lowest BCUT2D eigenvalue weighted by atomic mass is 9.85. The summed E-state index contributed by atoms with van der Waals surface area (Å²) in [4.78, 5) is 11.6. The number of carbonyl (C=O) groups is 1. The van der Waals surface area contributed by atoms with Gasteiger partial charge in [0.1, 0.15) is 6.10 Å². The highest BCUT2D eigenvalue weighted by molar-refractivity contribution is 5.70. The quantitative estimate of drug-likeness (QED) is 0.336. The van der Waals surface area contributed by atoms with Crippen molar-refractivity contribution in [1.82, 2.24) is 0 Å². The average Bonchev–Trinajstić information content (AvgIpc) is 3.27. The second kappa shape index (κ2) is 8.13. The smallest absolute Gasteiger partial charge is 0.306 e. The highest BCUT2D eigenvalue weighted by Crippen LogP contribution is 2.50. The number of aliphatic hydroxyl groups is 1. The summed E-state index contributed by atoms with van der Waals surface area (Å²) in [6.45, 7) is 1.95. The van der Waals surface area contributed by atoms with E-state index in [4.69, 9.17) is 9.47 Å². The van der Waals surface area contributed by atoms with Crippen molar-refractivity contribution in [3.8, 4) is 0 Å². The topological polar surface area (TPSA) is 59.1 Å². The van der Waals surface area contributed by atoms with Crippen molar-refractivity contribution >= 4 is 5.97 Å². The molecule has 6 atom stereocenters. The Bertz CT molecular complexity index is 522. The predicted molar refractivity (Wildman–Crippen MR) is 92.3 cm³/mol. The average molecular weight is 332 g/mol. The maximum absolute atomic E-state index is 11.6. The standard InChI is InChI=1S/C20H28O4/c1-2-14(21)9-6-4-3-5-7-10-15-16(13-18-20(15)24-18)17-11-8-12-19(22)23-17/h3-4,6-7,9-10,14-18,20-21H,2,5,8,11-13H2,1H3. The second-order valence-electron chi connectivity index (χ2n) is 6.99. The molecule has 2 heterocycles. The SMILES string of the molecule is CCC(O)C=CC=CCC=CC1C(C2CCCC(=O)O2)CC2OC21. The van der Waals surface area contributed by atoms with Crippen LogP contribution in [0, 0.1) is 11.8 Å². The first-order valence-electron chi connectivity index (χ1n) is 9.22. The second-order valence-corrected chi connectivity index (χ2v) is 6.99. The predicted octanol–water partition coefficient (Wildman–Crippen LogP) is 3.32. The molecule has 0 aromatic carbocycles. The van der Waals surface area contributed by atoms with Gasteiger partial charge in [-0.3, -0.25) is 4.79 Å². The minimum atomic E-state index is -0.355. The van der Waals surface area contributed by atoms with Gasteiger partial charge in [0.2, 0.25) is 0 Å². The first-order valence-corrected chi connectivity index (χ1v) is 9.22. The third-order valence-electron chi connectivity index (χ3n) is 5.26. The summed E-state index contributed by atoms with van der Waals surface area (Å²) in [6, 6.07) is 0. The van der Waals surface area contributed by atoms with Crippen LogP contribution in [-0.2, 0) is 14.3 Å². The van der Waals surface area contributed by atoms with E-state index >= 15 is 0 Å². The molecule has 0 spiro atoms. The zero-order chi connectivity index (χ0) is 16.9. The largest absolute Gasteiger partial charge is 0.462 e. The molecule has 2 saturated heterocycles. The molecule has 0 aromatic rings. The zero-order valence-corrected chi connectivity index (χ0v) is 14.3. The van der Waals surface area contributed by atoms with Crippen molar-refractivity contribution < 1.29 is 19.4 Å². The Morgan fingerprint density at radius 3 is 2.96 bits per heavy atom. The Morgan fingerprint density at radius 1 is 1.29 bits per heavy atom. The van der Waals surface area contributed by atoms with Crippen molar-refractivity contribution in [3.63, 3.8) is 0 Å². The molecule has 132 valence electrons. The molecule has 3 rings (SSSR count). The summed E-state index contributed by atoms with van der Waals surface area (Å²) in [6.07, 6.45) is 17.7. The van der Waals surface area contributed by atoms with Gasteiger partial charge in [-0.05, 0) is 32.1 Å². The van der Waals surface area contributed by atoms with Crippen molar-refractivity contribution in [2.45, 2.75) is 69.9 Å². The Hall–Kier alpha value is -1.39. The molecule has 0 amide bonds. The highest BCUT2D eigenvalue weighted by atomic mass is 16.6. The van der Waals surface area contributed by atoms with Gasteiger partial charge in [0.25, 0.3) is 0 Å². The first-order chi connectivity index (χ1) is 11.7. The molecular weight excluding hydrogens is 304 g/mol. The van der Waals surface area contributed by atoms with Crippen molar-refractivity contribution in [2.24, 2.45) is 11.8 Å². The van der Waals surface area contributed by atoms with E-state index in [1.807, 2.05) is 19.1 Å². The number of epoxide rings is 1. The summed E-state index contributed by atoms with van der Waals surface area (Å²) in [5.41, 5.74) is 0. The van der Waals surface area contributed by atoms with Crippen LogP contribution in [0.3, 0.4) is 0 Å². The fraction of sp³-hybridized carbons (Fsp3) is 0.650. The Labute approximate surface area is 144 Å². The summed E-state index contributed by atoms with van der Waals surface area (Å²) < 4.78 is 11.3. The number of hydrogen-bond donors (Lipinski definition) is 1. The fourth-order valence-corrected chi connectivity index (χ4v) is 3.84. The van der Waals surface area contributed by atoms with Crippen molar-refractivity contribution in [2.75, 3.05) is 0 Å². The van der Waals surface area contributed by atoms with Crippen molar-refractivity contribution in [3.05, 3.63) is 36.5 Å². The summed E-state index contributed by atoms with van der Waals surface area (Å²) in [5, 5.41) is 9.43. The number of cyclic esters (lactones) is 1. The number of ether oxygens (including phenoxy) is 2. The van der Waals surface area contributed by atoms with Gasteiger partial charge in [0.05, 0.1) is 18.3 Å². The number of rotatable bonds is 7. The van der Waals surface area contributed by atoms with Gasteiger partial charge in [-0.1, -0.05) is 43.4 Å².